The largest absolute Gasteiger partial charge is 0.124 e. The molecule has 0 aromatic heterocycles. The molecule has 1 atom stereocenters. The quantitative estimate of drug-likeness (QED) is 0.427. The number of rotatable bonds is 3. The van der Waals surface area contributed by atoms with E-state index in [-0.39, 0.29) is 0 Å². The monoisotopic (exact) mass is 154 g/mol. The fraction of sp³-hybridized carbons (Fsp3) is 0.636. The van der Waals surface area contributed by atoms with Crippen molar-refractivity contribution in [2.45, 2.75) is 40.0 Å². The molecule has 0 aliphatic carbocycles. The highest BCUT2D eigenvalue weighted by Crippen LogP contribution is 2.07. The Hall–Kier alpha value is -0.700. The molecule has 0 heteroatoms. The van der Waals surface area contributed by atoms with Crippen molar-refractivity contribution in [3.63, 3.8) is 0 Å². The van der Waals surface area contributed by atoms with E-state index in [1.807, 2.05) is 0 Å². The zero-order chi connectivity index (χ0) is 9.70. The van der Waals surface area contributed by atoms with Crippen molar-refractivity contribution in [3.8, 4) is 12.8 Å². The molecule has 0 fully saturated rings. The lowest BCUT2D eigenvalue weighted by Crippen LogP contribution is -1.88. The molecular weight excluding hydrogens is 132 g/mol. The molecule has 11 heavy (non-hydrogen) atoms. The van der Waals surface area contributed by atoms with Gasteiger partial charge in [-0.25, -0.2) is 0 Å². The zero-order valence-corrected chi connectivity index (χ0v) is 8.27. The van der Waals surface area contributed by atoms with Crippen molar-refractivity contribution in [1.29, 1.82) is 0 Å². The fourth-order valence-corrected chi connectivity index (χ4v) is 0.697. The fourth-order valence-electron chi connectivity index (χ4n) is 0.697. The first-order chi connectivity index (χ1) is 5.31. The lowest BCUT2D eigenvalue weighted by atomic mass is 10.0. The molecule has 0 aromatic carbocycles. The molecule has 66 valence electrons. The summed E-state index contributed by atoms with van der Waals surface area (Å²) >= 11 is 0. The molecule has 1 unspecified atom stereocenters. The third-order valence-corrected chi connectivity index (χ3v) is 1.48. The summed E-state index contributed by atoms with van der Waals surface area (Å²) in [5.74, 6) is 0.949. The predicted octanol–water partition coefficient (Wildman–Crippen LogP) is 3.88. The predicted molar refractivity (Wildman–Crippen MR) is 55.5 cm³/mol. The molecule has 0 N–H and O–H groups in total. The van der Waals surface area contributed by atoms with Crippen molar-refractivity contribution in [1.82, 2.24) is 0 Å². The lowest BCUT2D eigenvalue weighted by molar-refractivity contribution is 0.509. The van der Waals surface area contributed by atoms with E-state index < -0.39 is 0 Å². The average Bonchev–Trinajstić information content (AvgIpc) is 2.12. The SMILES string of the molecule is C#C.C=C.CCCC(C)CC. The van der Waals surface area contributed by atoms with Crippen LogP contribution in [0.5, 0.6) is 0 Å². The van der Waals surface area contributed by atoms with Crippen LogP contribution in [0.15, 0.2) is 13.2 Å². The third-order valence-electron chi connectivity index (χ3n) is 1.48. The minimum atomic E-state index is 0.949. The molecule has 0 nitrogen and oxygen atoms in total. The van der Waals surface area contributed by atoms with Crippen molar-refractivity contribution < 1.29 is 0 Å². The molecule has 0 saturated heterocycles. The van der Waals surface area contributed by atoms with Crippen LogP contribution in [-0.4, -0.2) is 0 Å². The highest BCUT2D eigenvalue weighted by molar-refractivity contribution is 4.47. The molecule has 0 aliphatic rings. The maximum atomic E-state index is 4.00. The number of hydrogen-bond donors (Lipinski definition) is 0. The maximum absolute atomic E-state index is 4.00. The van der Waals surface area contributed by atoms with Crippen LogP contribution in [0.1, 0.15) is 40.0 Å². The molecular formula is C11H22. The van der Waals surface area contributed by atoms with Gasteiger partial charge in [0.05, 0.1) is 0 Å². The zero-order valence-electron chi connectivity index (χ0n) is 8.27. The van der Waals surface area contributed by atoms with E-state index in [0.29, 0.717) is 0 Å². The minimum Gasteiger partial charge on any atom is -0.124 e. The summed E-state index contributed by atoms with van der Waals surface area (Å²) in [7, 11) is 0. The Kier molecular flexibility index (Phi) is 34.7. The summed E-state index contributed by atoms with van der Waals surface area (Å²) < 4.78 is 0. The van der Waals surface area contributed by atoms with Gasteiger partial charge in [-0.2, -0.15) is 0 Å². The summed E-state index contributed by atoms with van der Waals surface area (Å²) in [6.07, 6.45) is 12.1. The molecule has 0 aromatic rings. The van der Waals surface area contributed by atoms with Crippen molar-refractivity contribution in [2.24, 2.45) is 5.92 Å². The Morgan fingerprint density at radius 3 is 1.64 bits per heavy atom. The van der Waals surface area contributed by atoms with Crippen LogP contribution in [0.25, 0.3) is 0 Å². The molecule has 0 radical (unpaired) electrons. The summed E-state index contributed by atoms with van der Waals surface area (Å²) in [6, 6.07) is 0. The first kappa shape index (κ1) is 16.7. The van der Waals surface area contributed by atoms with Gasteiger partial charge in [0.15, 0.2) is 0 Å². The third kappa shape index (κ3) is 26.8. The number of hydrogen-bond acceptors (Lipinski definition) is 0. The second-order valence-electron chi connectivity index (χ2n) is 2.30. The Morgan fingerprint density at radius 1 is 1.18 bits per heavy atom. The van der Waals surface area contributed by atoms with Gasteiger partial charge in [0.25, 0.3) is 0 Å². The first-order valence-electron chi connectivity index (χ1n) is 4.14. The summed E-state index contributed by atoms with van der Waals surface area (Å²) in [4.78, 5) is 0. The molecule has 0 amide bonds. The highest BCUT2D eigenvalue weighted by Gasteiger charge is 1.92. The highest BCUT2D eigenvalue weighted by atomic mass is 14.0. The Bertz CT molecular complexity index is 61.7. The van der Waals surface area contributed by atoms with Crippen LogP contribution in [0.3, 0.4) is 0 Å². The van der Waals surface area contributed by atoms with Gasteiger partial charge in [-0.05, 0) is 5.92 Å². The average molecular weight is 154 g/mol. The van der Waals surface area contributed by atoms with E-state index >= 15 is 0 Å². The van der Waals surface area contributed by atoms with Crippen molar-refractivity contribution in [2.75, 3.05) is 0 Å². The van der Waals surface area contributed by atoms with Gasteiger partial charge in [-0.3, -0.25) is 0 Å². The van der Waals surface area contributed by atoms with Crippen LogP contribution < -0.4 is 0 Å². The van der Waals surface area contributed by atoms with Gasteiger partial charge in [0, 0.05) is 0 Å². The van der Waals surface area contributed by atoms with Crippen LogP contribution in [-0.2, 0) is 0 Å². The van der Waals surface area contributed by atoms with Crippen LogP contribution in [0.2, 0.25) is 0 Å². The van der Waals surface area contributed by atoms with Gasteiger partial charge >= 0.3 is 0 Å². The Balaban J connectivity index is -0.000000138. The van der Waals surface area contributed by atoms with Gasteiger partial charge in [-0.15, -0.1) is 26.0 Å². The van der Waals surface area contributed by atoms with Crippen molar-refractivity contribution in [3.05, 3.63) is 13.2 Å². The van der Waals surface area contributed by atoms with E-state index in [1.54, 1.807) is 0 Å². The summed E-state index contributed by atoms with van der Waals surface area (Å²) in [5, 5.41) is 0. The molecule has 0 bridgehead atoms. The minimum absolute atomic E-state index is 0.949. The Morgan fingerprint density at radius 2 is 1.55 bits per heavy atom. The molecule has 0 saturated carbocycles. The standard InChI is InChI=1S/C7H16.C2H4.C2H2/c1-4-6-7(3)5-2;2*1-2/h7H,4-6H2,1-3H3;1-2H2;1-2H. The van der Waals surface area contributed by atoms with Crippen LogP contribution in [0, 0.1) is 18.8 Å². The van der Waals surface area contributed by atoms with Crippen LogP contribution in [0.4, 0.5) is 0 Å². The molecule has 0 rings (SSSR count). The van der Waals surface area contributed by atoms with Gasteiger partial charge < -0.3 is 0 Å². The lowest BCUT2D eigenvalue weighted by Gasteiger charge is -2.02. The van der Waals surface area contributed by atoms with E-state index in [2.05, 4.69) is 46.8 Å². The van der Waals surface area contributed by atoms with Gasteiger partial charge in [0.2, 0.25) is 0 Å². The number of terminal acetylenes is 1. The second kappa shape index (κ2) is 22.8. The first-order valence-corrected chi connectivity index (χ1v) is 4.14. The van der Waals surface area contributed by atoms with E-state index in [9.17, 15) is 0 Å². The van der Waals surface area contributed by atoms with Crippen molar-refractivity contribution >= 4 is 0 Å². The van der Waals surface area contributed by atoms with E-state index in [4.69, 9.17) is 0 Å². The summed E-state index contributed by atoms with van der Waals surface area (Å²) in [6.45, 7) is 12.8. The summed E-state index contributed by atoms with van der Waals surface area (Å²) in [5.41, 5.74) is 0. The Labute approximate surface area is 72.7 Å². The second-order valence-corrected chi connectivity index (χ2v) is 2.30. The molecule has 0 heterocycles. The maximum Gasteiger partial charge on any atom is -0.0446 e. The van der Waals surface area contributed by atoms with Gasteiger partial charge in [-0.1, -0.05) is 40.0 Å². The topological polar surface area (TPSA) is 0 Å². The van der Waals surface area contributed by atoms with E-state index in [0.717, 1.165) is 5.92 Å². The van der Waals surface area contributed by atoms with E-state index in [1.165, 1.54) is 19.3 Å². The molecule has 0 spiro atoms. The molecule has 0 aliphatic heterocycles. The van der Waals surface area contributed by atoms with Crippen LogP contribution >= 0.6 is 0 Å². The smallest absolute Gasteiger partial charge is 0.0446 e. The normalized spacial score (nSPS) is 9.55. The van der Waals surface area contributed by atoms with Gasteiger partial charge in [0.1, 0.15) is 0 Å².